The number of hydrogen-bond donors (Lipinski definition) is 1. The van der Waals surface area contributed by atoms with Crippen LogP contribution in [0.5, 0.6) is 0 Å². The summed E-state index contributed by atoms with van der Waals surface area (Å²) in [7, 11) is 1.60. The number of fused-ring (bicyclic) bond motifs is 1. The van der Waals surface area contributed by atoms with Gasteiger partial charge in [-0.15, -0.1) is 5.10 Å². The van der Waals surface area contributed by atoms with E-state index in [9.17, 15) is 9.59 Å². The van der Waals surface area contributed by atoms with Gasteiger partial charge in [0.15, 0.2) is 5.65 Å². The van der Waals surface area contributed by atoms with E-state index in [1.165, 1.54) is 4.40 Å². The van der Waals surface area contributed by atoms with Gasteiger partial charge < -0.3 is 10.1 Å². The average Bonchev–Trinajstić information content (AvgIpc) is 2.95. The highest BCUT2D eigenvalue weighted by Crippen LogP contribution is 2.15. The lowest BCUT2D eigenvalue weighted by Gasteiger charge is -2.03. The Morgan fingerprint density at radius 2 is 2.15 bits per heavy atom. The molecule has 26 heavy (non-hydrogen) atoms. The minimum Gasteiger partial charge on any atom is -0.385 e. The summed E-state index contributed by atoms with van der Waals surface area (Å²) in [5, 5.41) is 6.99. The molecule has 0 saturated carbocycles. The normalized spacial score (nSPS) is 11.0. The molecular weight excluding hydrogens is 336 g/mol. The summed E-state index contributed by atoms with van der Waals surface area (Å²) in [6, 6.07) is 7.20. The highest BCUT2D eigenvalue weighted by molar-refractivity contribution is 5.75. The lowest BCUT2D eigenvalue weighted by molar-refractivity contribution is -0.121. The molecule has 0 bridgehead atoms. The Kier molecular flexibility index (Phi) is 5.37. The third-order valence-corrected chi connectivity index (χ3v) is 3.80. The maximum Gasteiger partial charge on any atom is 0.352 e. The molecule has 0 unspecified atom stereocenters. The zero-order valence-corrected chi connectivity index (χ0v) is 14.7. The summed E-state index contributed by atoms with van der Waals surface area (Å²) in [5.74, 6) is 0.210. The van der Waals surface area contributed by atoms with E-state index in [-0.39, 0.29) is 12.5 Å². The molecule has 0 fully saturated rings. The van der Waals surface area contributed by atoms with Crippen LogP contribution in [0.1, 0.15) is 12.2 Å². The number of rotatable bonds is 7. The van der Waals surface area contributed by atoms with Crippen LogP contribution in [0, 0.1) is 6.92 Å². The zero-order valence-electron chi connectivity index (χ0n) is 14.7. The number of nitrogens with one attached hydrogen (secondary N) is 1. The number of ether oxygens (including phenoxy) is 1. The first-order valence-corrected chi connectivity index (χ1v) is 8.24. The van der Waals surface area contributed by atoms with Crippen LogP contribution in [0.25, 0.3) is 17.0 Å². The van der Waals surface area contributed by atoms with Gasteiger partial charge >= 0.3 is 5.69 Å². The van der Waals surface area contributed by atoms with Gasteiger partial charge in [0, 0.05) is 32.5 Å². The summed E-state index contributed by atoms with van der Waals surface area (Å²) >= 11 is 0. The van der Waals surface area contributed by atoms with Crippen LogP contribution in [-0.4, -0.2) is 50.3 Å². The van der Waals surface area contributed by atoms with Crippen molar-refractivity contribution in [3.05, 3.63) is 46.8 Å². The molecule has 0 spiro atoms. The fourth-order valence-electron chi connectivity index (χ4n) is 2.59. The van der Waals surface area contributed by atoms with Gasteiger partial charge in [0.1, 0.15) is 12.4 Å². The maximum atomic E-state index is 12.5. The lowest BCUT2D eigenvalue weighted by Crippen LogP contribution is -2.33. The van der Waals surface area contributed by atoms with Crippen molar-refractivity contribution in [3.8, 4) is 11.4 Å². The molecule has 0 aliphatic rings. The van der Waals surface area contributed by atoms with Crippen LogP contribution in [0.4, 0.5) is 0 Å². The van der Waals surface area contributed by atoms with E-state index < -0.39 is 5.69 Å². The van der Waals surface area contributed by atoms with E-state index in [0.29, 0.717) is 42.4 Å². The van der Waals surface area contributed by atoms with Crippen LogP contribution < -0.4 is 11.0 Å². The largest absolute Gasteiger partial charge is 0.385 e. The van der Waals surface area contributed by atoms with E-state index >= 15 is 0 Å². The van der Waals surface area contributed by atoms with Gasteiger partial charge in [-0.2, -0.15) is 0 Å². The molecule has 0 aliphatic heterocycles. The predicted molar refractivity (Wildman–Crippen MR) is 94.7 cm³/mol. The predicted octanol–water partition coefficient (Wildman–Crippen LogP) is 0.414. The molecule has 3 aromatic heterocycles. The highest BCUT2D eigenvalue weighted by Gasteiger charge is 2.14. The second-order valence-electron chi connectivity index (χ2n) is 5.73. The topological polar surface area (TPSA) is 103 Å². The minimum atomic E-state index is -0.399. The highest BCUT2D eigenvalue weighted by atomic mass is 16.5. The molecule has 1 N–H and O–H groups in total. The molecule has 3 rings (SSSR count). The van der Waals surface area contributed by atoms with Crippen LogP contribution in [0.2, 0.25) is 0 Å². The summed E-state index contributed by atoms with van der Waals surface area (Å²) in [4.78, 5) is 33.2. The van der Waals surface area contributed by atoms with Gasteiger partial charge in [-0.1, -0.05) is 6.07 Å². The maximum absolute atomic E-state index is 12.5. The number of carbonyl (C=O) groups is 1. The lowest BCUT2D eigenvalue weighted by atomic mass is 10.2. The van der Waals surface area contributed by atoms with Gasteiger partial charge in [-0.25, -0.2) is 18.9 Å². The van der Waals surface area contributed by atoms with E-state index in [1.54, 1.807) is 26.3 Å². The van der Waals surface area contributed by atoms with E-state index in [4.69, 9.17) is 4.74 Å². The fourth-order valence-corrected chi connectivity index (χ4v) is 2.59. The molecule has 0 atom stereocenters. The minimum absolute atomic E-state index is 0.147. The van der Waals surface area contributed by atoms with E-state index in [1.807, 2.05) is 18.2 Å². The van der Waals surface area contributed by atoms with Crippen molar-refractivity contribution in [2.45, 2.75) is 19.9 Å². The second-order valence-corrected chi connectivity index (χ2v) is 5.73. The fraction of sp³-hybridized carbons (Fsp3) is 0.353. The molecule has 0 aliphatic carbocycles. The van der Waals surface area contributed by atoms with Crippen molar-refractivity contribution >= 4 is 11.6 Å². The Morgan fingerprint density at radius 1 is 1.31 bits per heavy atom. The first-order valence-electron chi connectivity index (χ1n) is 8.24. The van der Waals surface area contributed by atoms with Crippen LogP contribution in [-0.2, 0) is 16.1 Å². The Morgan fingerprint density at radius 3 is 2.88 bits per heavy atom. The molecule has 0 radical (unpaired) electrons. The number of amides is 1. The van der Waals surface area contributed by atoms with Gasteiger partial charge in [-0.05, 0) is 25.5 Å². The quantitative estimate of drug-likeness (QED) is 0.615. The van der Waals surface area contributed by atoms with Gasteiger partial charge in [0.2, 0.25) is 5.91 Å². The van der Waals surface area contributed by atoms with Crippen LogP contribution >= 0.6 is 0 Å². The molecule has 3 heterocycles. The number of methoxy groups -OCH3 is 1. The Bertz CT molecular complexity index is 964. The monoisotopic (exact) mass is 356 g/mol. The first kappa shape index (κ1) is 17.7. The standard InChI is InChI=1S/C17H20N6O3/c1-12-20-14(13-6-3-4-7-18-13)10-15-21-22(17(25)23(12)15)11-16(24)19-8-5-9-26-2/h3-4,6-7,10H,5,8-9,11H2,1-2H3,(H,19,24). The number of aryl methyl sites for hydroxylation is 1. The number of carbonyl (C=O) groups excluding carboxylic acids is 1. The molecule has 0 aromatic carbocycles. The van der Waals surface area contributed by atoms with Crippen molar-refractivity contribution in [2.75, 3.05) is 20.3 Å². The van der Waals surface area contributed by atoms with E-state index in [0.717, 1.165) is 4.68 Å². The molecule has 3 aromatic rings. The van der Waals surface area contributed by atoms with Crippen molar-refractivity contribution in [1.82, 2.24) is 29.5 Å². The molecule has 136 valence electrons. The van der Waals surface area contributed by atoms with Crippen molar-refractivity contribution < 1.29 is 9.53 Å². The number of nitrogens with zero attached hydrogens (tertiary/aromatic N) is 5. The molecular formula is C17H20N6O3. The molecule has 1 amide bonds. The Balaban J connectivity index is 1.85. The SMILES string of the molecule is COCCCNC(=O)Cn1nc2cc(-c3ccccn3)nc(C)n2c1=O. The average molecular weight is 356 g/mol. The molecule has 0 saturated heterocycles. The second kappa shape index (κ2) is 7.87. The smallest absolute Gasteiger partial charge is 0.352 e. The van der Waals surface area contributed by atoms with Crippen molar-refractivity contribution in [2.24, 2.45) is 0 Å². The Labute approximate surface area is 149 Å². The van der Waals surface area contributed by atoms with Crippen molar-refractivity contribution in [3.63, 3.8) is 0 Å². The van der Waals surface area contributed by atoms with E-state index in [2.05, 4.69) is 20.4 Å². The Hall–Kier alpha value is -3.07. The third kappa shape index (κ3) is 3.77. The zero-order chi connectivity index (χ0) is 18.5. The third-order valence-electron chi connectivity index (χ3n) is 3.80. The van der Waals surface area contributed by atoms with Crippen LogP contribution in [0.15, 0.2) is 35.3 Å². The summed E-state index contributed by atoms with van der Waals surface area (Å²) in [6.07, 6.45) is 2.38. The summed E-state index contributed by atoms with van der Waals surface area (Å²) in [5.41, 5.74) is 1.34. The van der Waals surface area contributed by atoms with Gasteiger partial charge in [-0.3, -0.25) is 9.78 Å². The summed E-state index contributed by atoms with van der Waals surface area (Å²) < 4.78 is 7.44. The number of hydrogen-bond acceptors (Lipinski definition) is 6. The van der Waals surface area contributed by atoms with Crippen LogP contribution in [0.3, 0.4) is 0 Å². The summed E-state index contributed by atoms with van der Waals surface area (Å²) in [6.45, 7) is 2.62. The first-order chi connectivity index (χ1) is 12.6. The number of aromatic nitrogens is 5. The van der Waals surface area contributed by atoms with Gasteiger partial charge in [0.05, 0.1) is 11.4 Å². The number of pyridine rings is 1. The van der Waals surface area contributed by atoms with Crippen molar-refractivity contribution in [1.29, 1.82) is 0 Å². The van der Waals surface area contributed by atoms with Gasteiger partial charge in [0.25, 0.3) is 0 Å². The molecule has 9 heteroatoms. The molecule has 9 nitrogen and oxygen atoms in total.